The van der Waals surface area contributed by atoms with E-state index in [4.69, 9.17) is 10.2 Å². The Balaban J connectivity index is 0.000000441. The van der Waals surface area contributed by atoms with Crippen molar-refractivity contribution in [2.45, 2.75) is 46.5 Å². The molecule has 0 saturated heterocycles. The Morgan fingerprint density at radius 2 is 1.40 bits per heavy atom. The van der Waals surface area contributed by atoms with E-state index in [1.807, 2.05) is 0 Å². The van der Waals surface area contributed by atoms with Crippen LogP contribution in [0.4, 0.5) is 0 Å². The van der Waals surface area contributed by atoms with Crippen LogP contribution in [0, 0.1) is 13.8 Å². The fourth-order valence-electron chi connectivity index (χ4n) is 2.49. The normalized spacial score (nSPS) is 10.6. The molecule has 0 heterocycles. The number of hydrogen-bond acceptors (Lipinski definition) is 2. The third kappa shape index (κ3) is 7.08. The van der Waals surface area contributed by atoms with Gasteiger partial charge in [0, 0.05) is 0 Å². The van der Waals surface area contributed by atoms with Crippen LogP contribution in [-0.2, 0) is 15.0 Å². The second-order valence-electron chi connectivity index (χ2n) is 5.99. The second-order valence-corrected chi connectivity index (χ2v) is 7.14. The van der Waals surface area contributed by atoms with Crippen molar-refractivity contribution in [1.82, 2.24) is 0 Å². The summed E-state index contributed by atoms with van der Waals surface area (Å²) in [5.74, 6) is -2.62. The van der Waals surface area contributed by atoms with Gasteiger partial charge in [0.2, 0.25) is 0 Å². The molecule has 4 nitrogen and oxygen atoms in total. The largest absolute Gasteiger partial charge is 0.481 e. The van der Waals surface area contributed by atoms with Gasteiger partial charge in [0.05, 0.1) is 0 Å². The molecule has 0 aliphatic carbocycles. The van der Waals surface area contributed by atoms with E-state index in [0.29, 0.717) is 0 Å². The summed E-state index contributed by atoms with van der Waals surface area (Å²) in [4.78, 5) is 18.9. The van der Waals surface area contributed by atoms with E-state index < -0.39 is 18.4 Å². The summed E-state index contributed by atoms with van der Waals surface area (Å²) in [5, 5.41) is 15.4. The van der Waals surface area contributed by atoms with E-state index in [-0.39, 0.29) is 5.41 Å². The molecule has 0 spiro atoms. The minimum absolute atomic E-state index is 0.281. The Hall–Kier alpha value is -0.840. The number of benzene rings is 1. The molecule has 0 bridgehead atoms. The fourth-order valence-corrected chi connectivity index (χ4v) is 3.36. The smallest absolute Gasteiger partial charge is 0.314 e. The van der Waals surface area contributed by atoms with Gasteiger partial charge < -0.3 is 10.2 Å². The van der Waals surface area contributed by atoms with Gasteiger partial charge in [-0.25, -0.2) is 0 Å². The van der Waals surface area contributed by atoms with Crippen molar-refractivity contribution in [3.63, 3.8) is 0 Å². The standard InChI is InChI=1S/C12H17.C3H4O4.Na/c1-9-7-6-8-10(2)11(9)12(3,4)5;4-2(5)1-3(6)7;/h7-8H,1-5H3;1H2,(H,4,5)(H,6,7);. The van der Waals surface area contributed by atoms with Gasteiger partial charge in [-0.1, -0.05) is 0 Å². The number of rotatable bonds is 2. The quantitative estimate of drug-likeness (QED) is 0.644. The number of carboxylic acids is 2. The molecule has 0 fully saturated rings. The van der Waals surface area contributed by atoms with Crippen LogP contribution >= 0.6 is 0 Å². The molecule has 0 aromatic heterocycles. The Morgan fingerprint density at radius 1 is 1.05 bits per heavy atom. The molecule has 0 aliphatic rings. The van der Waals surface area contributed by atoms with Crippen molar-refractivity contribution < 1.29 is 19.8 Å². The van der Waals surface area contributed by atoms with Gasteiger partial charge in [-0.05, 0) is 0 Å². The van der Waals surface area contributed by atoms with Crippen LogP contribution in [0.5, 0.6) is 0 Å². The summed E-state index contributed by atoms with van der Waals surface area (Å²) in [6.45, 7) is 11.3. The first-order valence-electron chi connectivity index (χ1n) is 6.47. The van der Waals surface area contributed by atoms with Crippen LogP contribution in [0.2, 0.25) is 0 Å². The van der Waals surface area contributed by atoms with Crippen molar-refractivity contribution in [2.24, 2.45) is 0 Å². The molecule has 0 amide bonds. The second kappa shape index (κ2) is 7.81. The van der Waals surface area contributed by atoms with Crippen LogP contribution in [0.3, 0.4) is 0 Å². The Labute approximate surface area is 137 Å². The summed E-state index contributed by atoms with van der Waals surface area (Å²) in [5.41, 5.74) is 4.71. The van der Waals surface area contributed by atoms with E-state index in [9.17, 15) is 9.59 Å². The molecule has 0 aliphatic heterocycles. The van der Waals surface area contributed by atoms with Gasteiger partial charge >= 0.3 is 112 Å². The van der Waals surface area contributed by atoms with E-state index in [1.54, 1.807) is 0 Å². The van der Waals surface area contributed by atoms with E-state index >= 15 is 0 Å². The first-order valence-corrected chi connectivity index (χ1v) is 7.47. The number of carboxylic acid groups (broad SMARTS) is 2. The predicted octanol–water partition coefficient (Wildman–Crippen LogP) is 1.94. The molecule has 0 radical (unpaired) electrons. The molecule has 5 heteroatoms. The van der Waals surface area contributed by atoms with E-state index in [1.165, 1.54) is 19.5 Å². The van der Waals surface area contributed by atoms with Crippen LogP contribution < -0.4 is 2.81 Å². The maximum Gasteiger partial charge on any atom is 0.314 e. The van der Waals surface area contributed by atoms with Gasteiger partial charge in [-0.3, -0.25) is 9.59 Å². The summed E-state index contributed by atoms with van der Waals surface area (Å²) in [6.07, 6.45) is -0.806. The predicted molar refractivity (Wildman–Crippen MR) is 79.9 cm³/mol. The molecule has 0 atom stereocenters. The first kappa shape index (κ1) is 19.2. The zero-order valence-corrected chi connectivity index (χ0v) is 15.1. The van der Waals surface area contributed by atoms with Crippen molar-refractivity contribution in [3.05, 3.63) is 28.8 Å². The first-order chi connectivity index (χ1) is 8.95. The summed E-state index contributed by atoms with van der Waals surface area (Å²) in [7, 11) is 0. The van der Waals surface area contributed by atoms with Crippen molar-refractivity contribution in [1.29, 1.82) is 0 Å². The number of aryl methyl sites for hydroxylation is 2. The van der Waals surface area contributed by atoms with Crippen molar-refractivity contribution >= 4 is 42.7 Å². The number of carbonyl (C=O) groups is 2. The molecule has 1 aromatic carbocycles. The monoisotopic (exact) mass is 288 g/mol. The van der Waals surface area contributed by atoms with Crippen LogP contribution in [0.15, 0.2) is 12.1 Å². The van der Waals surface area contributed by atoms with Gasteiger partial charge in [0.1, 0.15) is 6.42 Å². The zero-order valence-electron chi connectivity index (χ0n) is 13.1. The van der Waals surface area contributed by atoms with Crippen molar-refractivity contribution in [3.8, 4) is 0 Å². The number of hydrogen-bond donors (Lipinski definition) is 2. The molecule has 0 saturated carbocycles. The maximum absolute atomic E-state index is 9.43. The third-order valence-electron chi connectivity index (χ3n) is 2.73. The summed E-state index contributed by atoms with van der Waals surface area (Å²) in [6, 6.07) is 4.67. The molecular formula is C15H21NaO4. The third-order valence-corrected chi connectivity index (χ3v) is 3.31. The molecule has 1 aromatic rings. The van der Waals surface area contributed by atoms with Crippen molar-refractivity contribution in [2.75, 3.05) is 0 Å². The fraction of sp³-hybridized carbons (Fsp3) is 0.467. The Bertz CT molecular complexity index is 466. The van der Waals surface area contributed by atoms with Gasteiger partial charge in [0.15, 0.2) is 0 Å². The average Bonchev–Trinajstić information content (AvgIpc) is 2.10. The zero-order chi connectivity index (χ0) is 16.1. The average molecular weight is 288 g/mol. The van der Waals surface area contributed by atoms with Crippen LogP contribution in [0.25, 0.3) is 0 Å². The Kier molecular flexibility index (Phi) is 7.49. The molecule has 1 rings (SSSR count). The van der Waals surface area contributed by atoms with E-state index in [0.717, 1.165) is 27.9 Å². The van der Waals surface area contributed by atoms with Gasteiger partial charge in [0.25, 0.3) is 0 Å². The minimum atomic E-state index is -1.31. The van der Waals surface area contributed by atoms with Crippen LogP contribution in [-0.4, -0.2) is 50.1 Å². The maximum atomic E-state index is 9.43. The molecular weight excluding hydrogens is 267 g/mol. The SMILES string of the molecule is Cc1c[c]([Na])cc(C)c1C(C)(C)C.O=C(O)CC(=O)O. The molecule has 20 heavy (non-hydrogen) atoms. The van der Waals surface area contributed by atoms with Crippen LogP contribution in [0.1, 0.15) is 43.9 Å². The van der Waals surface area contributed by atoms with Gasteiger partial charge in [-0.2, -0.15) is 0 Å². The summed E-state index contributed by atoms with van der Waals surface area (Å²) >= 11 is 1.16. The summed E-state index contributed by atoms with van der Waals surface area (Å²) < 4.78 is 1.50. The number of aliphatic carboxylic acids is 2. The topological polar surface area (TPSA) is 74.6 Å². The molecule has 0 unspecified atom stereocenters. The molecule has 2 N–H and O–H groups in total. The van der Waals surface area contributed by atoms with E-state index in [2.05, 4.69) is 46.8 Å². The van der Waals surface area contributed by atoms with Gasteiger partial charge in [-0.15, -0.1) is 0 Å². The Morgan fingerprint density at radius 3 is 1.60 bits per heavy atom. The minimum Gasteiger partial charge on any atom is -0.481 e. The molecule has 106 valence electrons.